The predicted molar refractivity (Wildman–Crippen MR) is 75.0 cm³/mol. The normalized spacial score (nSPS) is 10.6. The van der Waals surface area contributed by atoms with Crippen molar-refractivity contribution in [1.82, 2.24) is 4.98 Å². The van der Waals surface area contributed by atoms with Crippen LogP contribution in [0.25, 0.3) is 10.9 Å². The molecule has 0 aliphatic carbocycles. The summed E-state index contributed by atoms with van der Waals surface area (Å²) in [7, 11) is 0. The summed E-state index contributed by atoms with van der Waals surface area (Å²) in [6, 6.07) is 14.3. The highest BCUT2D eigenvalue weighted by Crippen LogP contribution is 2.19. The van der Waals surface area contributed by atoms with Crippen LogP contribution in [0.15, 0.2) is 57.7 Å². The van der Waals surface area contributed by atoms with Gasteiger partial charge in [0.15, 0.2) is 0 Å². The van der Waals surface area contributed by atoms with Gasteiger partial charge in [-0.25, -0.2) is 4.79 Å². The lowest BCUT2D eigenvalue weighted by Gasteiger charge is -2.04. The molecule has 1 N–H and O–H groups in total. The van der Waals surface area contributed by atoms with E-state index in [-0.39, 0.29) is 6.01 Å². The van der Waals surface area contributed by atoms with Gasteiger partial charge < -0.3 is 9.73 Å². The Labute approximate surface area is 113 Å². The molecule has 3 rings (SSSR count). The third-order valence-corrected chi connectivity index (χ3v) is 2.85. The number of benzene rings is 2. The Hall–Kier alpha value is -2.33. The summed E-state index contributed by atoms with van der Waals surface area (Å²) in [6.45, 7) is 0. The van der Waals surface area contributed by atoms with Crippen LogP contribution in [-0.4, -0.2) is 4.98 Å². The van der Waals surface area contributed by atoms with Crippen LogP contribution in [0.3, 0.4) is 0 Å². The van der Waals surface area contributed by atoms with Crippen LogP contribution in [0.1, 0.15) is 0 Å². The molecule has 0 spiro atoms. The third-order valence-electron chi connectivity index (χ3n) is 2.61. The molecular weight excluding hydrogens is 264 g/mol. The first kappa shape index (κ1) is 11.7. The fourth-order valence-electron chi connectivity index (χ4n) is 1.76. The van der Waals surface area contributed by atoms with E-state index in [0.29, 0.717) is 21.6 Å². The molecule has 1 heterocycles. The molecule has 0 saturated heterocycles. The summed E-state index contributed by atoms with van der Waals surface area (Å²) in [5, 5.41) is 3.96. The van der Waals surface area contributed by atoms with E-state index >= 15 is 0 Å². The number of nitrogens with zero attached hydrogens (tertiary/aromatic N) is 1. The molecule has 0 amide bonds. The number of fused-ring (bicyclic) bond motifs is 1. The molecule has 0 bridgehead atoms. The summed E-state index contributed by atoms with van der Waals surface area (Å²) >= 11 is 5.88. The van der Waals surface area contributed by atoms with E-state index < -0.39 is 5.63 Å². The Morgan fingerprint density at radius 3 is 2.79 bits per heavy atom. The molecule has 0 aliphatic heterocycles. The van der Waals surface area contributed by atoms with Crippen molar-refractivity contribution in [2.75, 3.05) is 5.32 Å². The first-order valence-corrected chi connectivity index (χ1v) is 6.03. The second kappa shape index (κ2) is 4.74. The fourth-order valence-corrected chi connectivity index (χ4v) is 1.95. The molecule has 5 heteroatoms. The smallest absolute Gasteiger partial charge is 0.348 e. The average molecular weight is 273 g/mol. The van der Waals surface area contributed by atoms with Crippen LogP contribution in [0, 0.1) is 0 Å². The van der Waals surface area contributed by atoms with E-state index in [0.717, 1.165) is 0 Å². The van der Waals surface area contributed by atoms with E-state index in [9.17, 15) is 4.79 Å². The maximum absolute atomic E-state index is 11.8. The first-order valence-electron chi connectivity index (χ1n) is 5.65. The molecule has 0 atom stereocenters. The quantitative estimate of drug-likeness (QED) is 0.775. The molecule has 0 aliphatic rings. The van der Waals surface area contributed by atoms with Crippen LogP contribution in [0.5, 0.6) is 0 Å². The number of hydrogen-bond donors (Lipinski definition) is 1. The number of aromatic nitrogens is 1. The van der Waals surface area contributed by atoms with Crippen molar-refractivity contribution in [2.24, 2.45) is 0 Å². The van der Waals surface area contributed by atoms with Gasteiger partial charge >= 0.3 is 11.6 Å². The van der Waals surface area contributed by atoms with Gasteiger partial charge in [-0.3, -0.25) is 0 Å². The van der Waals surface area contributed by atoms with Crippen LogP contribution in [-0.2, 0) is 0 Å². The van der Waals surface area contributed by atoms with Crippen LogP contribution < -0.4 is 10.9 Å². The minimum atomic E-state index is -0.421. The zero-order valence-electron chi connectivity index (χ0n) is 9.76. The standard InChI is InChI=1S/C14H9ClN2O2/c15-9-4-3-5-10(8-9)16-14-17-12-7-2-1-6-11(12)13(18)19-14/h1-8H,(H,16,17). The molecule has 3 aromatic rings. The lowest BCUT2D eigenvalue weighted by Crippen LogP contribution is -2.04. The fraction of sp³-hybridized carbons (Fsp3) is 0. The minimum absolute atomic E-state index is 0.144. The summed E-state index contributed by atoms with van der Waals surface area (Å²) in [4.78, 5) is 16.0. The van der Waals surface area contributed by atoms with E-state index in [2.05, 4.69) is 10.3 Å². The summed E-state index contributed by atoms with van der Waals surface area (Å²) in [5.41, 5.74) is 0.872. The van der Waals surface area contributed by atoms with E-state index in [1.807, 2.05) is 12.1 Å². The van der Waals surface area contributed by atoms with Gasteiger partial charge in [0.05, 0.1) is 10.9 Å². The molecule has 2 aromatic carbocycles. The van der Waals surface area contributed by atoms with Crippen molar-refractivity contribution in [3.8, 4) is 0 Å². The van der Waals surface area contributed by atoms with Gasteiger partial charge in [0.1, 0.15) is 0 Å². The van der Waals surface area contributed by atoms with E-state index in [1.54, 1.807) is 36.4 Å². The molecule has 0 fully saturated rings. The molecule has 0 radical (unpaired) electrons. The molecule has 19 heavy (non-hydrogen) atoms. The minimum Gasteiger partial charge on any atom is -0.388 e. The monoisotopic (exact) mass is 272 g/mol. The van der Waals surface area contributed by atoms with Crippen molar-refractivity contribution in [3.05, 3.63) is 64.0 Å². The second-order valence-corrected chi connectivity index (χ2v) is 4.40. The summed E-state index contributed by atoms with van der Waals surface area (Å²) in [5.74, 6) is 0. The first-order chi connectivity index (χ1) is 9.22. The maximum Gasteiger partial charge on any atom is 0.348 e. The average Bonchev–Trinajstić information content (AvgIpc) is 2.39. The zero-order chi connectivity index (χ0) is 13.2. The van der Waals surface area contributed by atoms with Crippen molar-refractivity contribution in [2.45, 2.75) is 0 Å². The topological polar surface area (TPSA) is 55.1 Å². The van der Waals surface area contributed by atoms with Crippen LogP contribution >= 0.6 is 11.6 Å². The highest BCUT2D eigenvalue weighted by molar-refractivity contribution is 6.30. The molecule has 0 unspecified atom stereocenters. The van der Waals surface area contributed by atoms with Gasteiger partial charge in [0, 0.05) is 10.7 Å². The Morgan fingerprint density at radius 2 is 1.95 bits per heavy atom. The number of nitrogens with one attached hydrogen (secondary N) is 1. The van der Waals surface area contributed by atoms with Crippen LogP contribution in [0.4, 0.5) is 11.7 Å². The Balaban J connectivity index is 2.04. The second-order valence-electron chi connectivity index (χ2n) is 3.96. The molecule has 94 valence electrons. The number of hydrogen-bond acceptors (Lipinski definition) is 4. The number of anilines is 2. The highest BCUT2D eigenvalue weighted by atomic mass is 35.5. The summed E-state index contributed by atoms with van der Waals surface area (Å²) < 4.78 is 5.11. The SMILES string of the molecule is O=c1oc(Nc2cccc(Cl)c2)nc2ccccc12. The van der Waals surface area contributed by atoms with Gasteiger partial charge in [-0.2, -0.15) is 4.98 Å². The van der Waals surface area contributed by atoms with Crippen molar-refractivity contribution in [1.29, 1.82) is 0 Å². The number of para-hydroxylation sites is 1. The van der Waals surface area contributed by atoms with Crippen molar-refractivity contribution in [3.63, 3.8) is 0 Å². The lowest BCUT2D eigenvalue weighted by molar-refractivity contribution is 0.522. The molecular formula is C14H9ClN2O2. The molecule has 4 nitrogen and oxygen atoms in total. The van der Waals surface area contributed by atoms with E-state index in [1.165, 1.54) is 0 Å². The van der Waals surface area contributed by atoms with Gasteiger partial charge in [-0.15, -0.1) is 0 Å². The Morgan fingerprint density at radius 1 is 1.11 bits per heavy atom. The Bertz CT molecular complexity index is 799. The molecule has 1 aromatic heterocycles. The number of halogens is 1. The van der Waals surface area contributed by atoms with Crippen molar-refractivity contribution >= 4 is 34.2 Å². The van der Waals surface area contributed by atoms with Gasteiger partial charge in [-0.05, 0) is 30.3 Å². The Kier molecular flexibility index (Phi) is 2.93. The van der Waals surface area contributed by atoms with Gasteiger partial charge in [0.25, 0.3) is 0 Å². The third kappa shape index (κ3) is 2.44. The zero-order valence-corrected chi connectivity index (χ0v) is 10.5. The lowest BCUT2D eigenvalue weighted by atomic mass is 10.2. The van der Waals surface area contributed by atoms with Gasteiger partial charge in [-0.1, -0.05) is 29.8 Å². The maximum atomic E-state index is 11.8. The predicted octanol–water partition coefficient (Wildman–Crippen LogP) is 3.59. The van der Waals surface area contributed by atoms with Gasteiger partial charge in [0.2, 0.25) is 0 Å². The summed E-state index contributed by atoms with van der Waals surface area (Å²) in [6.07, 6.45) is 0. The van der Waals surface area contributed by atoms with Crippen molar-refractivity contribution < 1.29 is 4.42 Å². The number of rotatable bonds is 2. The van der Waals surface area contributed by atoms with Crippen LogP contribution in [0.2, 0.25) is 5.02 Å². The largest absolute Gasteiger partial charge is 0.388 e. The highest BCUT2D eigenvalue weighted by Gasteiger charge is 2.05. The van der Waals surface area contributed by atoms with E-state index in [4.69, 9.17) is 16.0 Å². The molecule has 0 saturated carbocycles.